The Kier molecular flexibility index (Phi) is 4.34. The number of carbonyl (C=O) groups is 2. The first-order chi connectivity index (χ1) is 7.78. The third-order valence-corrected chi connectivity index (χ3v) is 2.10. The maximum Gasteiger partial charge on any atom is 0.410 e. The number of amides is 1. The van der Waals surface area contributed by atoms with Crippen molar-refractivity contribution in [1.29, 1.82) is 0 Å². The van der Waals surface area contributed by atoms with Crippen LogP contribution in [0.25, 0.3) is 0 Å². The number of carbonyl (C=O) groups excluding carboxylic acids is 2. The number of nitrogens with zero attached hydrogens (tertiary/aromatic N) is 1. The fourth-order valence-electron chi connectivity index (χ4n) is 1.49. The summed E-state index contributed by atoms with van der Waals surface area (Å²) in [6, 6.07) is 0. The summed E-state index contributed by atoms with van der Waals surface area (Å²) in [5, 5.41) is 3.01. The van der Waals surface area contributed by atoms with Crippen LogP contribution in [0.5, 0.6) is 0 Å². The second-order valence-corrected chi connectivity index (χ2v) is 4.98. The third kappa shape index (κ3) is 5.04. The highest BCUT2D eigenvalue weighted by atomic mass is 16.6. The number of rotatable bonds is 1. The van der Waals surface area contributed by atoms with E-state index in [2.05, 4.69) is 5.32 Å². The lowest BCUT2D eigenvalue weighted by atomic mass is 10.2. The Morgan fingerprint density at radius 3 is 2.53 bits per heavy atom. The quantitative estimate of drug-likeness (QED) is 0.688. The molecule has 1 heterocycles. The van der Waals surface area contributed by atoms with Gasteiger partial charge >= 0.3 is 12.1 Å². The molecule has 1 saturated heterocycles. The minimum atomic E-state index is -0.515. The Hall–Kier alpha value is -1.30. The Morgan fingerprint density at radius 2 is 2.00 bits per heavy atom. The highest BCUT2D eigenvalue weighted by Crippen LogP contribution is 2.11. The Bertz CT molecular complexity index is 298. The van der Waals surface area contributed by atoms with Crippen molar-refractivity contribution < 1.29 is 19.1 Å². The molecule has 1 unspecified atom stereocenters. The molecule has 0 radical (unpaired) electrons. The van der Waals surface area contributed by atoms with Gasteiger partial charge in [-0.25, -0.2) is 4.79 Å². The first-order valence-corrected chi connectivity index (χ1v) is 5.66. The molecule has 1 aliphatic rings. The van der Waals surface area contributed by atoms with Gasteiger partial charge in [0.2, 0.25) is 0 Å². The van der Waals surface area contributed by atoms with Crippen LogP contribution in [0, 0.1) is 0 Å². The van der Waals surface area contributed by atoms with E-state index < -0.39 is 11.8 Å². The molecule has 6 nitrogen and oxygen atoms in total. The normalized spacial score (nSPS) is 20.9. The molecule has 0 spiro atoms. The topological polar surface area (TPSA) is 67.9 Å². The molecule has 0 bridgehead atoms. The molecule has 17 heavy (non-hydrogen) atoms. The molecule has 0 saturated carbocycles. The molecule has 0 aliphatic carbocycles. The largest absolute Gasteiger partial charge is 0.445 e. The molecule has 0 aromatic carbocycles. The summed E-state index contributed by atoms with van der Waals surface area (Å²) < 4.78 is 10.3. The maximum atomic E-state index is 11.8. The van der Waals surface area contributed by atoms with Crippen molar-refractivity contribution in [3.05, 3.63) is 0 Å². The summed E-state index contributed by atoms with van der Waals surface area (Å²) in [5.41, 5.74) is -0.515. The summed E-state index contributed by atoms with van der Waals surface area (Å²) in [4.78, 5) is 24.1. The van der Waals surface area contributed by atoms with Crippen LogP contribution >= 0.6 is 0 Å². The van der Waals surface area contributed by atoms with Gasteiger partial charge in [-0.3, -0.25) is 10.1 Å². The lowest BCUT2D eigenvalue weighted by molar-refractivity contribution is -0.150. The van der Waals surface area contributed by atoms with Crippen LogP contribution in [0.3, 0.4) is 0 Å². The Balaban J connectivity index is 2.49. The predicted octanol–water partition coefficient (Wildman–Crippen LogP) is 0.716. The smallest absolute Gasteiger partial charge is 0.410 e. The average Bonchev–Trinajstić information content (AvgIpc) is 2.14. The van der Waals surface area contributed by atoms with Crippen LogP contribution in [0.15, 0.2) is 0 Å². The first-order valence-electron chi connectivity index (χ1n) is 5.66. The van der Waals surface area contributed by atoms with Gasteiger partial charge in [0.25, 0.3) is 0 Å². The van der Waals surface area contributed by atoms with E-state index in [9.17, 15) is 9.59 Å². The minimum absolute atomic E-state index is 0.314. The molecule has 1 amide bonds. The molecule has 0 aromatic heterocycles. The van der Waals surface area contributed by atoms with E-state index >= 15 is 0 Å². The van der Waals surface area contributed by atoms with E-state index in [1.807, 2.05) is 20.8 Å². The van der Waals surface area contributed by atoms with Crippen LogP contribution in [0.4, 0.5) is 4.79 Å². The predicted molar refractivity (Wildman–Crippen MR) is 61.4 cm³/mol. The molecule has 98 valence electrons. The van der Waals surface area contributed by atoms with E-state index in [1.54, 1.807) is 0 Å². The molecular weight excluding hydrogens is 224 g/mol. The molecule has 1 fully saturated rings. The van der Waals surface area contributed by atoms with Crippen LogP contribution in [0.2, 0.25) is 0 Å². The number of hydrogen-bond donors (Lipinski definition) is 1. The van der Waals surface area contributed by atoms with E-state index in [0.717, 1.165) is 0 Å². The number of nitrogens with one attached hydrogen (secondary N) is 1. The molecular formula is C11H20N2O4. The molecule has 1 atom stereocenters. The van der Waals surface area contributed by atoms with Crippen LogP contribution in [-0.4, -0.2) is 48.4 Å². The van der Waals surface area contributed by atoms with Crippen molar-refractivity contribution >= 4 is 12.1 Å². The third-order valence-electron chi connectivity index (χ3n) is 2.10. The monoisotopic (exact) mass is 244 g/mol. The molecule has 6 heteroatoms. The average molecular weight is 244 g/mol. The van der Waals surface area contributed by atoms with Gasteiger partial charge in [0.1, 0.15) is 5.60 Å². The second-order valence-electron chi connectivity index (χ2n) is 4.98. The van der Waals surface area contributed by atoms with Gasteiger partial charge in [0, 0.05) is 20.0 Å². The number of esters is 1. The van der Waals surface area contributed by atoms with Crippen molar-refractivity contribution in [3.8, 4) is 0 Å². The van der Waals surface area contributed by atoms with Gasteiger partial charge in [-0.15, -0.1) is 0 Å². The zero-order valence-corrected chi connectivity index (χ0v) is 10.8. The van der Waals surface area contributed by atoms with Gasteiger partial charge in [-0.05, 0) is 20.8 Å². The van der Waals surface area contributed by atoms with Crippen molar-refractivity contribution in [3.63, 3.8) is 0 Å². The highest BCUT2D eigenvalue weighted by Gasteiger charge is 2.28. The summed E-state index contributed by atoms with van der Waals surface area (Å²) in [6.45, 7) is 8.23. The Morgan fingerprint density at radius 1 is 1.35 bits per heavy atom. The van der Waals surface area contributed by atoms with E-state index in [0.29, 0.717) is 19.6 Å². The maximum absolute atomic E-state index is 11.8. The van der Waals surface area contributed by atoms with Crippen LogP contribution in [0.1, 0.15) is 27.7 Å². The van der Waals surface area contributed by atoms with Gasteiger partial charge in [0.15, 0.2) is 6.23 Å². The van der Waals surface area contributed by atoms with Crippen molar-refractivity contribution in [2.45, 2.75) is 39.5 Å². The molecule has 1 N–H and O–H groups in total. The fraction of sp³-hybridized carbons (Fsp3) is 0.818. The lowest BCUT2D eigenvalue weighted by Gasteiger charge is -2.34. The zero-order chi connectivity index (χ0) is 13.1. The highest BCUT2D eigenvalue weighted by molar-refractivity contribution is 5.69. The van der Waals surface area contributed by atoms with Gasteiger partial charge in [-0.2, -0.15) is 0 Å². The SMILES string of the molecule is CC(=O)OC1CN(C(=O)OC(C)(C)C)CCN1. The summed E-state index contributed by atoms with van der Waals surface area (Å²) in [5.74, 6) is -0.367. The fourth-order valence-corrected chi connectivity index (χ4v) is 1.49. The van der Waals surface area contributed by atoms with E-state index in [1.165, 1.54) is 11.8 Å². The molecule has 0 aromatic rings. The molecule has 1 rings (SSSR count). The first kappa shape index (κ1) is 13.8. The number of ether oxygens (including phenoxy) is 2. The van der Waals surface area contributed by atoms with Crippen LogP contribution in [-0.2, 0) is 14.3 Å². The number of hydrogen-bond acceptors (Lipinski definition) is 5. The second kappa shape index (κ2) is 5.35. The summed E-state index contributed by atoms with van der Waals surface area (Å²) in [7, 11) is 0. The molecule has 1 aliphatic heterocycles. The standard InChI is InChI=1S/C11H20N2O4/c1-8(14)16-9-7-13(6-5-12-9)10(15)17-11(2,3)4/h9,12H,5-7H2,1-4H3. The Labute approximate surface area is 101 Å². The van der Waals surface area contributed by atoms with Crippen LogP contribution < -0.4 is 5.32 Å². The van der Waals surface area contributed by atoms with Gasteiger partial charge < -0.3 is 14.4 Å². The summed E-state index contributed by atoms with van der Waals surface area (Å²) in [6.07, 6.45) is -0.829. The van der Waals surface area contributed by atoms with E-state index in [-0.39, 0.29) is 12.1 Å². The van der Waals surface area contributed by atoms with Gasteiger partial charge in [0.05, 0.1) is 6.54 Å². The van der Waals surface area contributed by atoms with Gasteiger partial charge in [-0.1, -0.05) is 0 Å². The van der Waals surface area contributed by atoms with Crippen molar-refractivity contribution in [1.82, 2.24) is 10.2 Å². The van der Waals surface area contributed by atoms with E-state index in [4.69, 9.17) is 9.47 Å². The lowest BCUT2D eigenvalue weighted by Crippen LogP contribution is -2.54. The summed E-state index contributed by atoms with van der Waals surface area (Å²) >= 11 is 0. The van der Waals surface area contributed by atoms with Crippen molar-refractivity contribution in [2.24, 2.45) is 0 Å². The number of piperazine rings is 1. The minimum Gasteiger partial charge on any atom is -0.445 e. The zero-order valence-electron chi connectivity index (χ0n) is 10.8. The van der Waals surface area contributed by atoms with Crippen molar-refractivity contribution in [2.75, 3.05) is 19.6 Å².